The van der Waals surface area contributed by atoms with Gasteiger partial charge in [0.1, 0.15) is 11.6 Å². The number of nitrogens with one attached hydrogen (secondary N) is 1. The summed E-state index contributed by atoms with van der Waals surface area (Å²) >= 11 is 0. The number of aryl methyl sites for hydroxylation is 1. The van der Waals surface area contributed by atoms with Crippen LogP contribution in [0.3, 0.4) is 0 Å². The first-order valence-electron chi connectivity index (χ1n) is 8.49. The molecule has 25 heavy (non-hydrogen) atoms. The van der Waals surface area contributed by atoms with Crippen molar-refractivity contribution in [1.82, 2.24) is 9.78 Å². The number of aromatic nitrogens is 2. The fraction of sp³-hybridized carbons (Fsp3) is 0.444. The average molecular weight is 345 g/mol. The van der Waals surface area contributed by atoms with Crippen LogP contribution in [-0.2, 0) is 4.79 Å². The molecule has 0 unspecified atom stereocenters. The molecule has 7 nitrogen and oxygen atoms in total. The minimum atomic E-state index is -0.232. The van der Waals surface area contributed by atoms with Crippen molar-refractivity contribution in [3.8, 4) is 17.2 Å². The maximum Gasteiger partial charge on any atom is 0.263 e. The van der Waals surface area contributed by atoms with Crippen LogP contribution in [0.5, 0.6) is 17.2 Å². The molecule has 1 aromatic carbocycles. The Morgan fingerprint density at radius 3 is 2.80 bits per heavy atom. The third kappa shape index (κ3) is 3.87. The summed E-state index contributed by atoms with van der Waals surface area (Å²) in [6, 6.07) is 7.37. The highest BCUT2D eigenvalue weighted by molar-refractivity contribution is 5.91. The van der Waals surface area contributed by atoms with Crippen molar-refractivity contribution < 1.29 is 19.0 Å². The monoisotopic (exact) mass is 345 g/mol. The van der Waals surface area contributed by atoms with Gasteiger partial charge in [0.2, 0.25) is 6.79 Å². The number of benzene rings is 1. The van der Waals surface area contributed by atoms with Crippen LogP contribution < -0.4 is 19.5 Å². The molecule has 1 aliphatic rings. The van der Waals surface area contributed by atoms with Crippen LogP contribution in [0.25, 0.3) is 0 Å². The van der Waals surface area contributed by atoms with Gasteiger partial charge in [0, 0.05) is 12.1 Å². The second-order valence-electron chi connectivity index (χ2n) is 5.94. The van der Waals surface area contributed by atoms with Crippen LogP contribution in [0.1, 0.15) is 38.4 Å². The van der Waals surface area contributed by atoms with E-state index in [2.05, 4.69) is 24.3 Å². The van der Waals surface area contributed by atoms with E-state index in [0.717, 1.165) is 18.5 Å². The SMILES string of the molecule is CCC(CC)n1nc(C)cc1NC(=O)COc1ccc2c(c1)OCO2. The van der Waals surface area contributed by atoms with Crippen LogP contribution in [0, 0.1) is 6.92 Å². The van der Waals surface area contributed by atoms with E-state index >= 15 is 0 Å². The number of anilines is 1. The number of hydrogen-bond donors (Lipinski definition) is 1. The Balaban J connectivity index is 1.61. The van der Waals surface area contributed by atoms with Crippen LogP contribution in [-0.4, -0.2) is 29.1 Å². The lowest BCUT2D eigenvalue weighted by atomic mass is 10.2. The van der Waals surface area contributed by atoms with E-state index < -0.39 is 0 Å². The standard InChI is InChI=1S/C18H23N3O4/c1-4-13(5-2)21-17(8-12(3)20-21)19-18(22)10-23-14-6-7-15-16(9-14)25-11-24-15/h6-9,13H,4-5,10-11H2,1-3H3,(H,19,22). The number of hydrogen-bond acceptors (Lipinski definition) is 5. The summed E-state index contributed by atoms with van der Waals surface area (Å²) in [6.45, 7) is 6.25. The summed E-state index contributed by atoms with van der Waals surface area (Å²) in [5.74, 6) is 2.33. The Bertz CT molecular complexity index is 753. The number of fused-ring (bicyclic) bond motifs is 1. The molecule has 2 heterocycles. The van der Waals surface area contributed by atoms with Gasteiger partial charge in [0.05, 0.1) is 11.7 Å². The minimum Gasteiger partial charge on any atom is -0.484 e. The molecule has 1 amide bonds. The zero-order chi connectivity index (χ0) is 17.8. The van der Waals surface area contributed by atoms with Crippen LogP contribution >= 0.6 is 0 Å². The van der Waals surface area contributed by atoms with E-state index in [0.29, 0.717) is 23.1 Å². The number of ether oxygens (including phenoxy) is 3. The van der Waals surface area contributed by atoms with E-state index in [-0.39, 0.29) is 25.3 Å². The van der Waals surface area contributed by atoms with Crippen molar-refractivity contribution >= 4 is 11.7 Å². The summed E-state index contributed by atoms with van der Waals surface area (Å²) in [5.41, 5.74) is 0.874. The van der Waals surface area contributed by atoms with Gasteiger partial charge >= 0.3 is 0 Å². The van der Waals surface area contributed by atoms with Gasteiger partial charge in [-0.1, -0.05) is 13.8 Å². The third-order valence-electron chi connectivity index (χ3n) is 4.13. The smallest absolute Gasteiger partial charge is 0.263 e. The predicted molar refractivity (Wildman–Crippen MR) is 93.3 cm³/mol. The molecule has 0 radical (unpaired) electrons. The van der Waals surface area contributed by atoms with Crippen molar-refractivity contribution in [3.05, 3.63) is 30.0 Å². The van der Waals surface area contributed by atoms with E-state index in [1.165, 1.54) is 0 Å². The largest absolute Gasteiger partial charge is 0.484 e. The zero-order valence-electron chi connectivity index (χ0n) is 14.7. The highest BCUT2D eigenvalue weighted by Gasteiger charge is 2.17. The van der Waals surface area contributed by atoms with Gasteiger partial charge in [-0.3, -0.25) is 4.79 Å². The number of carbonyl (C=O) groups excluding carboxylic acids is 1. The molecule has 7 heteroatoms. The van der Waals surface area contributed by atoms with Gasteiger partial charge in [0.25, 0.3) is 5.91 Å². The van der Waals surface area contributed by atoms with Gasteiger partial charge in [-0.25, -0.2) is 4.68 Å². The maximum atomic E-state index is 12.2. The normalized spacial score (nSPS) is 12.5. The lowest BCUT2D eigenvalue weighted by Gasteiger charge is -2.17. The number of rotatable bonds is 7. The second-order valence-corrected chi connectivity index (χ2v) is 5.94. The molecule has 0 bridgehead atoms. The molecule has 0 saturated heterocycles. The van der Waals surface area contributed by atoms with Crippen LogP contribution in [0.2, 0.25) is 0 Å². The van der Waals surface area contributed by atoms with E-state index in [9.17, 15) is 4.79 Å². The molecule has 0 fully saturated rings. The highest BCUT2D eigenvalue weighted by atomic mass is 16.7. The predicted octanol–water partition coefficient (Wildman–Crippen LogP) is 3.30. The van der Waals surface area contributed by atoms with Crippen molar-refractivity contribution in [2.45, 2.75) is 39.7 Å². The Morgan fingerprint density at radius 1 is 1.28 bits per heavy atom. The molecule has 1 aromatic heterocycles. The van der Waals surface area contributed by atoms with Gasteiger partial charge in [-0.2, -0.15) is 5.10 Å². The molecule has 2 aromatic rings. The zero-order valence-corrected chi connectivity index (χ0v) is 14.7. The Kier molecular flexibility index (Phi) is 5.11. The fourth-order valence-electron chi connectivity index (χ4n) is 2.82. The van der Waals surface area contributed by atoms with Crippen molar-refractivity contribution in [3.63, 3.8) is 0 Å². The molecule has 0 aliphatic carbocycles. The molecule has 1 N–H and O–H groups in total. The van der Waals surface area contributed by atoms with Gasteiger partial charge in [0.15, 0.2) is 18.1 Å². The van der Waals surface area contributed by atoms with Crippen molar-refractivity contribution in [2.75, 3.05) is 18.7 Å². The minimum absolute atomic E-state index is 0.0905. The second kappa shape index (κ2) is 7.46. The highest BCUT2D eigenvalue weighted by Crippen LogP contribution is 2.35. The van der Waals surface area contributed by atoms with Crippen molar-refractivity contribution in [2.24, 2.45) is 0 Å². The topological polar surface area (TPSA) is 74.6 Å². The average Bonchev–Trinajstić information content (AvgIpc) is 3.20. The lowest BCUT2D eigenvalue weighted by molar-refractivity contribution is -0.118. The molecular formula is C18H23N3O4. The summed E-state index contributed by atoms with van der Waals surface area (Å²) in [4.78, 5) is 12.2. The molecule has 1 aliphatic heterocycles. The summed E-state index contributed by atoms with van der Waals surface area (Å²) in [6.07, 6.45) is 1.91. The first-order chi connectivity index (χ1) is 12.1. The van der Waals surface area contributed by atoms with E-state index in [1.54, 1.807) is 18.2 Å². The van der Waals surface area contributed by atoms with E-state index in [4.69, 9.17) is 14.2 Å². The molecule has 0 saturated carbocycles. The van der Waals surface area contributed by atoms with Crippen LogP contribution in [0.15, 0.2) is 24.3 Å². The third-order valence-corrected chi connectivity index (χ3v) is 4.13. The van der Waals surface area contributed by atoms with Crippen LogP contribution in [0.4, 0.5) is 5.82 Å². The van der Waals surface area contributed by atoms with Gasteiger partial charge in [-0.05, 0) is 31.9 Å². The Labute approximate surface area is 146 Å². The number of nitrogens with zero attached hydrogens (tertiary/aromatic N) is 2. The first-order valence-corrected chi connectivity index (χ1v) is 8.49. The molecule has 3 rings (SSSR count). The molecular weight excluding hydrogens is 322 g/mol. The Morgan fingerprint density at radius 2 is 2.04 bits per heavy atom. The number of amides is 1. The Hall–Kier alpha value is -2.70. The maximum absolute atomic E-state index is 12.2. The van der Waals surface area contributed by atoms with Crippen molar-refractivity contribution in [1.29, 1.82) is 0 Å². The molecule has 134 valence electrons. The number of carbonyl (C=O) groups is 1. The molecule has 0 atom stereocenters. The molecule has 0 spiro atoms. The summed E-state index contributed by atoms with van der Waals surface area (Å²) < 4.78 is 18.0. The first kappa shape index (κ1) is 17.1. The lowest BCUT2D eigenvalue weighted by Crippen LogP contribution is -2.23. The quantitative estimate of drug-likeness (QED) is 0.833. The van der Waals surface area contributed by atoms with Gasteiger partial charge < -0.3 is 19.5 Å². The summed E-state index contributed by atoms with van der Waals surface area (Å²) in [5, 5.41) is 7.38. The summed E-state index contributed by atoms with van der Waals surface area (Å²) in [7, 11) is 0. The van der Waals surface area contributed by atoms with E-state index in [1.807, 2.05) is 17.7 Å². The van der Waals surface area contributed by atoms with Gasteiger partial charge in [-0.15, -0.1) is 0 Å². The fourth-order valence-corrected chi connectivity index (χ4v) is 2.82.